The Bertz CT molecular complexity index is 1080. The summed E-state index contributed by atoms with van der Waals surface area (Å²) in [4.78, 5) is 16.3. The average Bonchev–Trinajstić information content (AvgIpc) is 3.35. The molecule has 4 saturated heterocycles. The fraction of sp³-hybridized carbons (Fsp3) is 0.974. The molecule has 0 amide bonds. The Hall–Kier alpha value is -0.850. The molecule has 1 N–H and O–H groups in total. The number of carbonyl (C=O) groups excluding carboxylic acids is 1. The lowest BCUT2D eigenvalue weighted by atomic mass is 9.77. The maximum absolute atomic E-state index is 14.1. The van der Waals surface area contributed by atoms with Gasteiger partial charge >= 0.3 is 5.97 Å². The predicted octanol–water partition coefficient (Wildman–Crippen LogP) is 6.35. The van der Waals surface area contributed by atoms with Crippen molar-refractivity contribution < 1.29 is 43.1 Å². The van der Waals surface area contributed by atoms with Crippen molar-refractivity contribution in [3.8, 4) is 0 Å². The summed E-state index contributed by atoms with van der Waals surface area (Å²) in [5.41, 5.74) is -1.17. The number of nitrogens with zero attached hydrogens (tertiary/aromatic N) is 1. The topological polar surface area (TPSA) is 105 Å². The summed E-state index contributed by atoms with van der Waals surface area (Å²) in [5.74, 6) is -0.625. The SMILES string of the molecule is CC[C@H]1OC(=O)[C@H](C)[C@@H](O[C@H]2C[C@@](C)(OC)C[C@H](C)O2)[C@H](C)[C@@H](O[C@@H]2O[C@H](C)C[C@H](N(C)C(C)C)[C@H]2O)[C@@]2(C)C[C@@H](C)[C@H](O2)[C@H](C)C[C@H]1C. The van der Waals surface area contributed by atoms with Crippen molar-refractivity contribution in [2.45, 2.75) is 200 Å². The number of methoxy groups -OCH3 is 1. The van der Waals surface area contributed by atoms with Crippen molar-refractivity contribution in [3.05, 3.63) is 0 Å². The monoisotopic (exact) mass is 698 g/mol. The lowest BCUT2D eigenvalue weighted by Crippen LogP contribution is -2.60. The highest BCUT2D eigenvalue weighted by Gasteiger charge is 2.55. The van der Waals surface area contributed by atoms with Crippen molar-refractivity contribution in [1.29, 1.82) is 0 Å². The summed E-state index contributed by atoms with van der Waals surface area (Å²) in [7, 11) is 3.77. The second-order valence-corrected chi connectivity index (χ2v) is 17.3. The van der Waals surface area contributed by atoms with Gasteiger partial charge in [-0.1, -0.05) is 34.6 Å². The lowest BCUT2D eigenvalue weighted by molar-refractivity contribution is -0.312. The van der Waals surface area contributed by atoms with E-state index in [-0.39, 0.29) is 66.1 Å². The van der Waals surface area contributed by atoms with Gasteiger partial charge in [0.25, 0.3) is 0 Å². The van der Waals surface area contributed by atoms with Crippen LogP contribution in [0.3, 0.4) is 0 Å². The van der Waals surface area contributed by atoms with Crippen LogP contribution in [0.15, 0.2) is 0 Å². The molecule has 286 valence electrons. The first-order valence-electron chi connectivity index (χ1n) is 19.3. The number of aliphatic hydroxyl groups excluding tert-OH is 1. The number of aliphatic hydroxyl groups is 1. The summed E-state index contributed by atoms with van der Waals surface area (Å²) in [6.45, 7) is 25.3. The summed E-state index contributed by atoms with van der Waals surface area (Å²) < 4.78 is 46.2. The van der Waals surface area contributed by atoms with Gasteiger partial charge in [0, 0.05) is 38.0 Å². The zero-order chi connectivity index (χ0) is 36.6. The second-order valence-electron chi connectivity index (χ2n) is 17.3. The van der Waals surface area contributed by atoms with Crippen LogP contribution >= 0.6 is 0 Å². The Kier molecular flexibility index (Phi) is 13.7. The van der Waals surface area contributed by atoms with E-state index in [9.17, 15) is 9.90 Å². The number of rotatable bonds is 8. The number of cyclic esters (lactones) is 1. The number of ether oxygens (including phenoxy) is 7. The van der Waals surface area contributed by atoms with E-state index >= 15 is 0 Å². The van der Waals surface area contributed by atoms with Crippen LogP contribution in [0.25, 0.3) is 0 Å². The van der Waals surface area contributed by atoms with Gasteiger partial charge in [-0.05, 0) is 99.0 Å². The summed E-state index contributed by atoms with van der Waals surface area (Å²) in [5, 5.41) is 11.8. The molecule has 4 aliphatic heterocycles. The van der Waals surface area contributed by atoms with E-state index in [2.05, 4.69) is 67.2 Å². The van der Waals surface area contributed by atoms with Crippen LogP contribution in [-0.4, -0.2) is 109 Å². The molecular formula is C39H71NO9. The van der Waals surface area contributed by atoms with E-state index in [1.54, 1.807) is 7.11 Å². The molecule has 4 heterocycles. The molecule has 2 bridgehead atoms. The van der Waals surface area contributed by atoms with Gasteiger partial charge in [0.05, 0.1) is 47.6 Å². The molecule has 10 nitrogen and oxygen atoms in total. The maximum atomic E-state index is 14.1. The van der Waals surface area contributed by atoms with Gasteiger partial charge in [-0.2, -0.15) is 0 Å². The van der Waals surface area contributed by atoms with Gasteiger partial charge in [-0.3, -0.25) is 9.69 Å². The minimum Gasteiger partial charge on any atom is -0.462 e. The van der Waals surface area contributed by atoms with Crippen LogP contribution in [0.1, 0.15) is 122 Å². The molecule has 4 fully saturated rings. The molecule has 0 spiro atoms. The van der Waals surface area contributed by atoms with E-state index in [1.807, 2.05) is 27.8 Å². The zero-order valence-corrected chi connectivity index (χ0v) is 33.1. The minimum atomic E-state index is -0.888. The Balaban J connectivity index is 1.78. The van der Waals surface area contributed by atoms with Crippen LogP contribution < -0.4 is 0 Å². The predicted molar refractivity (Wildman–Crippen MR) is 189 cm³/mol. The molecule has 0 radical (unpaired) electrons. The van der Waals surface area contributed by atoms with Crippen molar-refractivity contribution >= 4 is 5.97 Å². The molecule has 10 heteroatoms. The average molecular weight is 698 g/mol. The largest absolute Gasteiger partial charge is 0.462 e. The number of carbonyl (C=O) groups is 1. The first-order chi connectivity index (χ1) is 22.8. The highest BCUT2D eigenvalue weighted by Crippen LogP contribution is 2.47. The fourth-order valence-electron chi connectivity index (χ4n) is 9.54. The molecule has 0 aromatic rings. The quantitative estimate of drug-likeness (QED) is 0.289. The van der Waals surface area contributed by atoms with Crippen LogP contribution in [0.4, 0.5) is 0 Å². The molecule has 0 aliphatic carbocycles. The van der Waals surface area contributed by atoms with Crippen molar-refractivity contribution in [1.82, 2.24) is 4.90 Å². The standard InChI is InChI=1S/C39H71NO9/c1-15-30-22(4)16-23(5)33-24(6)18-39(12,49-33)35(48-37-32(41)29(17-25(7)45-37)40(13)21(2)3)27(9)34(28(10)36(42)46-30)47-31-20-38(11,43-14)19-26(8)44-31/h21-35,37,41H,15-20H2,1-14H3/t22-,23-,24-,25-,26+,27+,28-,29+,30-,31+,32-,33-,34+,35-,37+,38+,39-/m1/s1. The number of fused-ring (bicyclic) bond motifs is 2. The number of esters is 1. The van der Waals surface area contributed by atoms with Crippen molar-refractivity contribution in [2.75, 3.05) is 14.2 Å². The van der Waals surface area contributed by atoms with E-state index in [4.69, 9.17) is 33.2 Å². The van der Waals surface area contributed by atoms with Gasteiger partial charge in [0.2, 0.25) is 0 Å². The summed E-state index contributed by atoms with van der Waals surface area (Å²) in [6, 6.07) is 0.100. The molecule has 0 saturated carbocycles. The van der Waals surface area contributed by atoms with Crippen LogP contribution in [-0.2, 0) is 38.0 Å². The highest BCUT2D eigenvalue weighted by atomic mass is 16.7. The van der Waals surface area contributed by atoms with Gasteiger partial charge < -0.3 is 38.3 Å². The van der Waals surface area contributed by atoms with Gasteiger partial charge in [-0.25, -0.2) is 0 Å². The Morgan fingerprint density at radius 3 is 2.20 bits per heavy atom. The first-order valence-corrected chi connectivity index (χ1v) is 19.3. The Morgan fingerprint density at radius 1 is 0.918 bits per heavy atom. The van der Waals surface area contributed by atoms with Crippen LogP contribution in [0, 0.1) is 29.6 Å². The zero-order valence-electron chi connectivity index (χ0n) is 33.1. The third kappa shape index (κ3) is 9.21. The summed E-state index contributed by atoms with van der Waals surface area (Å²) in [6.07, 6.45) is 0.305. The molecule has 0 unspecified atom stereocenters. The smallest absolute Gasteiger partial charge is 0.311 e. The van der Waals surface area contributed by atoms with Gasteiger partial charge in [-0.15, -0.1) is 0 Å². The molecule has 0 aromatic carbocycles. The molecule has 49 heavy (non-hydrogen) atoms. The third-order valence-corrected chi connectivity index (χ3v) is 12.5. The lowest BCUT2D eigenvalue weighted by Gasteiger charge is -2.48. The maximum Gasteiger partial charge on any atom is 0.311 e. The van der Waals surface area contributed by atoms with Gasteiger partial charge in [0.1, 0.15) is 12.2 Å². The van der Waals surface area contributed by atoms with E-state index < -0.39 is 48.0 Å². The van der Waals surface area contributed by atoms with Crippen LogP contribution in [0.2, 0.25) is 0 Å². The normalized spacial score (nSPS) is 48.9. The number of likely N-dealkylation sites (N-methyl/N-ethyl adjacent to an activating group) is 1. The Labute approximate surface area is 297 Å². The molecule has 4 aliphatic rings. The third-order valence-electron chi connectivity index (χ3n) is 12.5. The van der Waals surface area contributed by atoms with E-state index in [1.165, 1.54) is 0 Å². The summed E-state index contributed by atoms with van der Waals surface area (Å²) >= 11 is 0. The fourth-order valence-corrected chi connectivity index (χ4v) is 9.54. The van der Waals surface area contributed by atoms with Crippen molar-refractivity contribution in [3.63, 3.8) is 0 Å². The number of hydrogen-bond donors (Lipinski definition) is 1. The molecular weight excluding hydrogens is 626 g/mol. The first kappa shape index (κ1) is 40.9. The van der Waals surface area contributed by atoms with E-state index in [0.29, 0.717) is 12.8 Å². The minimum absolute atomic E-state index is 0.00242. The number of hydrogen-bond acceptors (Lipinski definition) is 10. The molecule has 4 rings (SSSR count). The van der Waals surface area contributed by atoms with Gasteiger partial charge in [0.15, 0.2) is 12.6 Å². The van der Waals surface area contributed by atoms with Crippen molar-refractivity contribution in [2.24, 2.45) is 29.6 Å². The van der Waals surface area contributed by atoms with E-state index in [0.717, 1.165) is 25.7 Å². The molecule has 0 aromatic heterocycles. The second kappa shape index (κ2) is 16.4. The Morgan fingerprint density at radius 2 is 1.59 bits per heavy atom. The molecule has 17 atom stereocenters. The highest BCUT2D eigenvalue weighted by molar-refractivity contribution is 5.73. The van der Waals surface area contributed by atoms with Crippen LogP contribution in [0.5, 0.6) is 0 Å².